The average Bonchev–Trinajstić information content (AvgIpc) is 2.25. The van der Waals surface area contributed by atoms with E-state index in [-0.39, 0.29) is 13.2 Å². The van der Waals surface area contributed by atoms with Crippen LogP contribution >= 0.6 is 15.9 Å². The zero-order valence-electron chi connectivity index (χ0n) is 9.94. The van der Waals surface area contributed by atoms with Gasteiger partial charge in [-0.05, 0) is 19.2 Å². The molecule has 18 heavy (non-hydrogen) atoms. The van der Waals surface area contributed by atoms with Gasteiger partial charge in [0.1, 0.15) is 24.3 Å². The molecule has 98 valence electrons. The molecule has 0 aliphatic rings. The third-order valence-corrected chi connectivity index (χ3v) is 2.60. The van der Waals surface area contributed by atoms with Crippen LogP contribution in [0, 0.1) is 17.1 Å². The molecule has 0 aliphatic heterocycles. The third-order valence-electron chi connectivity index (χ3n) is 2.14. The third kappa shape index (κ3) is 5.45. The van der Waals surface area contributed by atoms with Crippen LogP contribution in [-0.2, 0) is 0 Å². The summed E-state index contributed by atoms with van der Waals surface area (Å²) in [6, 6.07) is 6.17. The van der Waals surface area contributed by atoms with Crippen molar-refractivity contribution in [1.82, 2.24) is 4.90 Å². The lowest BCUT2D eigenvalue weighted by Gasteiger charge is -2.18. The number of hydrogen-bond acceptors (Lipinski definition) is 4. The van der Waals surface area contributed by atoms with Gasteiger partial charge in [0.05, 0.1) is 12.6 Å². The van der Waals surface area contributed by atoms with E-state index in [4.69, 9.17) is 10.00 Å². The highest BCUT2D eigenvalue weighted by Gasteiger charge is 2.09. The second-order valence-corrected chi connectivity index (χ2v) is 4.84. The van der Waals surface area contributed by atoms with Crippen molar-refractivity contribution in [3.63, 3.8) is 0 Å². The first-order valence-corrected chi connectivity index (χ1v) is 6.13. The zero-order valence-corrected chi connectivity index (χ0v) is 11.5. The van der Waals surface area contributed by atoms with Crippen LogP contribution in [0.1, 0.15) is 0 Å². The van der Waals surface area contributed by atoms with Gasteiger partial charge in [-0.25, -0.2) is 4.39 Å². The summed E-state index contributed by atoms with van der Waals surface area (Å²) in [6.45, 7) is 0.609. The van der Waals surface area contributed by atoms with Gasteiger partial charge in [-0.1, -0.05) is 15.9 Å². The number of hydrogen-bond donors (Lipinski definition) is 1. The summed E-state index contributed by atoms with van der Waals surface area (Å²) in [5, 5.41) is 18.1. The van der Waals surface area contributed by atoms with Crippen LogP contribution in [0.2, 0.25) is 0 Å². The molecule has 0 aliphatic carbocycles. The Hall–Kier alpha value is -1.16. The van der Waals surface area contributed by atoms with Crippen LogP contribution in [0.15, 0.2) is 22.7 Å². The standard InChI is InChI=1S/C12H14BrFN2O2/c1-16(3-2-15)7-11(17)8-18-12-5-9(13)4-10(14)6-12/h4-6,11,17H,3,7-8H2,1H3/t11-/m0/s1. The van der Waals surface area contributed by atoms with Crippen molar-refractivity contribution in [2.45, 2.75) is 6.10 Å². The Kier molecular flexibility index (Phi) is 6.05. The molecule has 0 aromatic heterocycles. The van der Waals surface area contributed by atoms with Gasteiger partial charge in [0.15, 0.2) is 0 Å². The number of halogens is 2. The maximum Gasteiger partial charge on any atom is 0.128 e. The maximum absolute atomic E-state index is 13.0. The van der Waals surface area contributed by atoms with Crippen molar-refractivity contribution < 1.29 is 14.2 Å². The van der Waals surface area contributed by atoms with Crippen LogP contribution in [0.25, 0.3) is 0 Å². The van der Waals surface area contributed by atoms with Gasteiger partial charge in [-0.3, -0.25) is 4.90 Å². The largest absolute Gasteiger partial charge is 0.491 e. The summed E-state index contributed by atoms with van der Waals surface area (Å²) in [6.07, 6.45) is -0.731. The van der Waals surface area contributed by atoms with Crippen molar-refractivity contribution in [3.05, 3.63) is 28.5 Å². The van der Waals surface area contributed by atoms with Crippen molar-refractivity contribution in [2.75, 3.05) is 26.7 Å². The van der Waals surface area contributed by atoms with Gasteiger partial charge in [-0.15, -0.1) is 0 Å². The number of rotatable bonds is 6. The number of ether oxygens (including phenoxy) is 1. The normalized spacial score (nSPS) is 12.2. The minimum absolute atomic E-state index is 0.0473. The Morgan fingerprint density at radius 2 is 2.28 bits per heavy atom. The minimum atomic E-state index is -0.731. The molecule has 0 saturated heterocycles. The predicted molar refractivity (Wildman–Crippen MR) is 68.7 cm³/mol. The van der Waals surface area contributed by atoms with E-state index in [1.165, 1.54) is 12.1 Å². The number of likely N-dealkylation sites (N-methyl/N-ethyl adjacent to an activating group) is 1. The molecule has 1 aromatic carbocycles. The highest BCUT2D eigenvalue weighted by Crippen LogP contribution is 2.20. The number of nitrogens with zero attached hydrogens (tertiary/aromatic N) is 2. The van der Waals surface area contributed by atoms with Crippen LogP contribution in [0.5, 0.6) is 5.75 Å². The summed E-state index contributed by atoms with van der Waals surface area (Å²) < 4.78 is 18.9. The molecule has 0 fully saturated rings. The van der Waals surface area contributed by atoms with Crippen LogP contribution in [0.4, 0.5) is 4.39 Å². The fourth-order valence-electron chi connectivity index (χ4n) is 1.40. The molecule has 0 amide bonds. The van der Waals surface area contributed by atoms with Gasteiger partial charge in [0.2, 0.25) is 0 Å². The second kappa shape index (κ2) is 7.31. The fourth-order valence-corrected chi connectivity index (χ4v) is 1.85. The fraction of sp³-hybridized carbons (Fsp3) is 0.417. The maximum atomic E-state index is 13.0. The van der Waals surface area contributed by atoms with E-state index in [1.807, 2.05) is 6.07 Å². The SMILES string of the molecule is CN(CC#N)C[C@H](O)COc1cc(F)cc(Br)c1. The molecule has 0 unspecified atom stereocenters. The molecule has 6 heteroatoms. The van der Waals surface area contributed by atoms with Crippen molar-refractivity contribution in [1.29, 1.82) is 5.26 Å². The first-order valence-electron chi connectivity index (χ1n) is 5.33. The predicted octanol–water partition coefficient (Wildman–Crippen LogP) is 1.78. The molecule has 0 bridgehead atoms. The number of aliphatic hydroxyl groups is 1. The Balaban J connectivity index is 2.42. The average molecular weight is 317 g/mol. The minimum Gasteiger partial charge on any atom is -0.491 e. The lowest BCUT2D eigenvalue weighted by Crippen LogP contribution is -2.33. The van der Waals surface area contributed by atoms with Gasteiger partial charge < -0.3 is 9.84 Å². The highest BCUT2D eigenvalue weighted by molar-refractivity contribution is 9.10. The number of nitriles is 1. The quantitative estimate of drug-likeness (QED) is 0.813. The van der Waals surface area contributed by atoms with Gasteiger partial charge in [0.25, 0.3) is 0 Å². The molecule has 0 radical (unpaired) electrons. The highest BCUT2D eigenvalue weighted by atomic mass is 79.9. The molecular formula is C12H14BrFN2O2. The summed E-state index contributed by atoms with van der Waals surface area (Å²) >= 11 is 3.15. The van der Waals surface area contributed by atoms with Gasteiger partial charge in [-0.2, -0.15) is 5.26 Å². The number of benzene rings is 1. The summed E-state index contributed by atoms with van der Waals surface area (Å²) in [5.74, 6) is -0.0562. The van der Waals surface area contributed by atoms with Crippen LogP contribution in [-0.4, -0.2) is 42.9 Å². The van der Waals surface area contributed by atoms with Crippen molar-refractivity contribution >= 4 is 15.9 Å². The second-order valence-electron chi connectivity index (χ2n) is 3.92. The lowest BCUT2D eigenvalue weighted by atomic mass is 10.3. The van der Waals surface area contributed by atoms with E-state index in [1.54, 1.807) is 18.0 Å². The molecule has 1 rings (SSSR count). The van der Waals surface area contributed by atoms with Crippen molar-refractivity contribution in [2.24, 2.45) is 0 Å². The lowest BCUT2D eigenvalue weighted by molar-refractivity contribution is 0.0797. The van der Waals surface area contributed by atoms with E-state index in [0.717, 1.165) is 0 Å². The summed E-state index contributed by atoms with van der Waals surface area (Å²) in [7, 11) is 1.73. The molecule has 4 nitrogen and oxygen atoms in total. The molecule has 1 atom stereocenters. The van der Waals surface area contributed by atoms with Gasteiger partial charge >= 0.3 is 0 Å². The Morgan fingerprint density at radius 1 is 1.56 bits per heavy atom. The van der Waals surface area contributed by atoms with E-state index in [2.05, 4.69) is 15.9 Å². The van der Waals surface area contributed by atoms with E-state index in [9.17, 15) is 9.50 Å². The van der Waals surface area contributed by atoms with E-state index in [0.29, 0.717) is 16.8 Å². The number of aliphatic hydroxyl groups excluding tert-OH is 1. The van der Waals surface area contributed by atoms with E-state index >= 15 is 0 Å². The molecule has 0 saturated carbocycles. The van der Waals surface area contributed by atoms with Crippen molar-refractivity contribution in [3.8, 4) is 11.8 Å². The molecule has 0 spiro atoms. The first-order chi connectivity index (χ1) is 8.51. The summed E-state index contributed by atoms with van der Waals surface area (Å²) in [5.41, 5.74) is 0. The Morgan fingerprint density at radius 3 is 2.89 bits per heavy atom. The summed E-state index contributed by atoms with van der Waals surface area (Å²) in [4.78, 5) is 1.68. The molecule has 1 N–H and O–H groups in total. The molecule has 0 heterocycles. The Labute approximate surface area is 114 Å². The smallest absolute Gasteiger partial charge is 0.128 e. The Bertz CT molecular complexity index is 416. The monoisotopic (exact) mass is 316 g/mol. The van der Waals surface area contributed by atoms with E-state index < -0.39 is 11.9 Å². The molecular weight excluding hydrogens is 303 g/mol. The first kappa shape index (κ1) is 14.9. The topological polar surface area (TPSA) is 56.5 Å². The zero-order chi connectivity index (χ0) is 13.5. The van der Waals surface area contributed by atoms with Crippen LogP contribution < -0.4 is 4.74 Å². The van der Waals surface area contributed by atoms with Gasteiger partial charge in [0, 0.05) is 17.1 Å². The van der Waals surface area contributed by atoms with Crippen LogP contribution in [0.3, 0.4) is 0 Å². The molecule has 1 aromatic rings.